The van der Waals surface area contributed by atoms with Gasteiger partial charge in [0.05, 0.1) is 29.6 Å². The molecule has 2 heterocycles. The minimum absolute atomic E-state index is 0.198. The Morgan fingerprint density at radius 1 is 1.22 bits per heavy atom. The van der Waals surface area contributed by atoms with Crippen LogP contribution >= 0.6 is 11.3 Å². The molecule has 0 radical (unpaired) electrons. The van der Waals surface area contributed by atoms with Crippen LogP contribution in [0.1, 0.15) is 19.3 Å². The Labute approximate surface area is 215 Å². The van der Waals surface area contributed by atoms with E-state index in [1.165, 1.54) is 25.3 Å². The molecular weight excluding hydrogens is 474 g/mol. The van der Waals surface area contributed by atoms with E-state index in [0.717, 1.165) is 40.7 Å². The van der Waals surface area contributed by atoms with E-state index >= 15 is 0 Å². The molecule has 190 valence electrons. The first-order valence-corrected chi connectivity index (χ1v) is 13.0. The summed E-state index contributed by atoms with van der Waals surface area (Å²) in [5.74, 6) is 2.56. The largest absolute Gasteiger partial charge is 0.494 e. The predicted octanol–water partition coefficient (Wildman–Crippen LogP) is 4.53. The molecule has 0 unspecified atom stereocenters. The van der Waals surface area contributed by atoms with Crippen LogP contribution in [0.4, 0.5) is 28.8 Å². The van der Waals surface area contributed by atoms with Crippen molar-refractivity contribution in [3.63, 3.8) is 0 Å². The highest BCUT2D eigenvalue weighted by molar-refractivity contribution is 7.16. The van der Waals surface area contributed by atoms with Gasteiger partial charge >= 0.3 is 0 Å². The van der Waals surface area contributed by atoms with E-state index in [1.54, 1.807) is 18.4 Å². The van der Waals surface area contributed by atoms with Gasteiger partial charge in [-0.2, -0.15) is 4.98 Å². The third kappa shape index (κ3) is 4.70. The smallest absolute Gasteiger partial charge is 0.247 e. The van der Waals surface area contributed by atoms with Crippen LogP contribution in [0.15, 0.2) is 36.2 Å². The number of benzene rings is 1. The second kappa shape index (κ2) is 9.59. The molecule has 36 heavy (non-hydrogen) atoms. The Morgan fingerprint density at radius 2 is 2.00 bits per heavy atom. The van der Waals surface area contributed by atoms with Crippen LogP contribution in [0.5, 0.6) is 5.75 Å². The first-order valence-electron chi connectivity index (χ1n) is 12.1. The number of amides is 1. The maximum Gasteiger partial charge on any atom is 0.247 e. The van der Waals surface area contributed by atoms with Gasteiger partial charge in [0.1, 0.15) is 16.4 Å². The van der Waals surface area contributed by atoms with Gasteiger partial charge in [-0.1, -0.05) is 6.58 Å². The van der Waals surface area contributed by atoms with Crippen LogP contribution in [0.25, 0.3) is 10.2 Å². The number of nitrogens with zero attached hydrogens (tertiary/aromatic N) is 4. The average molecular weight is 508 g/mol. The summed E-state index contributed by atoms with van der Waals surface area (Å²) in [5, 5.41) is 13.1. The first-order chi connectivity index (χ1) is 17.3. The normalized spacial score (nSPS) is 19.9. The van der Waals surface area contributed by atoms with Crippen molar-refractivity contribution in [2.24, 2.45) is 5.92 Å². The van der Waals surface area contributed by atoms with E-state index < -0.39 is 0 Å². The van der Waals surface area contributed by atoms with E-state index in [9.17, 15) is 4.79 Å². The highest BCUT2D eigenvalue weighted by Crippen LogP contribution is 2.58. The van der Waals surface area contributed by atoms with E-state index in [-0.39, 0.29) is 11.4 Å². The number of hydrogen-bond acceptors (Lipinski definition) is 9. The Balaban J connectivity index is 1.48. The molecule has 0 aliphatic heterocycles. The van der Waals surface area contributed by atoms with Gasteiger partial charge in [-0.05, 0) is 62.9 Å². The molecule has 2 aromatic heterocycles. The lowest BCUT2D eigenvalue weighted by atomic mass is 9.50. The van der Waals surface area contributed by atoms with Crippen molar-refractivity contribution in [3.05, 3.63) is 36.2 Å². The summed E-state index contributed by atoms with van der Waals surface area (Å²) in [6, 6.07) is 5.85. The number of carbonyl (C=O) groups is 1. The Kier molecular flexibility index (Phi) is 6.48. The fourth-order valence-electron chi connectivity index (χ4n) is 4.92. The van der Waals surface area contributed by atoms with Gasteiger partial charge in [-0.15, -0.1) is 11.3 Å². The maximum atomic E-state index is 12.2. The molecule has 3 aliphatic rings. The molecule has 3 aromatic rings. The van der Waals surface area contributed by atoms with Crippen molar-refractivity contribution in [1.82, 2.24) is 14.9 Å². The SMILES string of the molecule is C=CC(=O)Nc1cc(Nc2nc(NC34CC(C3)C4)c3ccsc3n2)c(OC)cc1N(C)CCN(C)C. The van der Waals surface area contributed by atoms with E-state index in [0.29, 0.717) is 23.1 Å². The topological polar surface area (TPSA) is 94.6 Å². The molecule has 3 saturated carbocycles. The predicted molar refractivity (Wildman–Crippen MR) is 148 cm³/mol. The van der Waals surface area contributed by atoms with E-state index in [1.807, 2.05) is 38.7 Å². The van der Waals surface area contributed by atoms with Crippen LogP contribution in [0, 0.1) is 5.92 Å². The summed E-state index contributed by atoms with van der Waals surface area (Å²) in [7, 11) is 7.68. The molecule has 1 amide bonds. The molecule has 2 bridgehead atoms. The molecule has 3 fully saturated rings. The van der Waals surface area contributed by atoms with Crippen LogP contribution in [0.2, 0.25) is 0 Å². The Hall–Kier alpha value is -3.37. The number of fused-ring (bicyclic) bond motifs is 1. The number of rotatable bonds is 11. The molecule has 3 N–H and O–H groups in total. The van der Waals surface area contributed by atoms with Gasteiger partial charge in [0, 0.05) is 31.7 Å². The van der Waals surface area contributed by atoms with Gasteiger partial charge in [0.15, 0.2) is 0 Å². The second-order valence-corrected chi connectivity index (χ2v) is 10.9. The highest BCUT2D eigenvalue weighted by atomic mass is 32.1. The zero-order chi connectivity index (χ0) is 25.4. The third-order valence-corrected chi connectivity index (χ3v) is 7.85. The molecule has 6 rings (SSSR count). The number of anilines is 5. The summed E-state index contributed by atoms with van der Waals surface area (Å²) in [4.78, 5) is 27.0. The van der Waals surface area contributed by atoms with Crippen molar-refractivity contribution >= 4 is 56.3 Å². The fourth-order valence-corrected chi connectivity index (χ4v) is 5.68. The van der Waals surface area contributed by atoms with Gasteiger partial charge in [-0.25, -0.2) is 4.98 Å². The van der Waals surface area contributed by atoms with Gasteiger partial charge < -0.3 is 30.5 Å². The Morgan fingerprint density at radius 3 is 2.64 bits per heavy atom. The zero-order valence-electron chi connectivity index (χ0n) is 21.2. The minimum atomic E-state index is -0.283. The fraction of sp³-hybridized carbons (Fsp3) is 0.423. The van der Waals surface area contributed by atoms with Crippen LogP contribution in [-0.2, 0) is 4.79 Å². The molecule has 10 heteroatoms. The van der Waals surface area contributed by atoms with Crippen LogP contribution < -0.4 is 25.6 Å². The number of ether oxygens (including phenoxy) is 1. The monoisotopic (exact) mass is 507 g/mol. The van der Waals surface area contributed by atoms with Crippen molar-refractivity contribution < 1.29 is 9.53 Å². The van der Waals surface area contributed by atoms with Crippen molar-refractivity contribution in [3.8, 4) is 5.75 Å². The standard InChI is InChI=1S/C26H33N7O2S/c1-6-22(34)27-18-11-19(21(35-5)12-20(18)33(4)9-8-32(2)3)28-25-29-23(17-7-10-36-24(17)30-25)31-26-13-16(14-26)15-26/h6-7,10-12,16H,1,8-9,13-15H2,2-5H3,(H,27,34)(H2,28,29,30,31). The van der Waals surface area contributed by atoms with Gasteiger partial charge in [-0.3, -0.25) is 4.79 Å². The summed E-state index contributed by atoms with van der Waals surface area (Å²) in [6.07, 6.45) is 4.91. The molecule has 0 saturated heterocycles. The van der Waals surface area contributed by atoms with Crippen LogP contribution in [0.3, 0.4) is 0 Å². The molecule has 9 nitrogen and oxygen atoms in total. The second-order valence-electron chi connectivity index (χ2n) is 10.0. The van der Waals surface area contributed by atoms with Crippen LogP contribution in [-0.4, -0.2) is 67.7 Å². The zero-order valence-corrected chi connectivity index (χ0v) is 22.0. The molecule has 1 aromatic carbocycles. The molecular formula is C26H33N7O2S. The number of thiophene rings is 1. The average Bonchev–Trinajstić information content (AvgIpc) is 3.27. The summed E-state index contributed by atoms with van der Waals surface area (Å²) < 4.78 is 5.74. The summed E-state index contributed by atoms with van der Waals surface area (Å²) in [5.41, 5.74) is 2.35. The lowest BCUT2D eigenvalue weighted by Crippen LogP contribution is -2.63. The molecule has 0 spiro atoms. The molecule has 3 aliphatic carbocycles. The quantitative estimate of drug-likeness (QED) is 0.326. The summed E-state index contributed by atoms with van der Waals surface area (Å²) in [6.45, 7) is 5.23. The number of aromatic nitrogens is 2. The summed E-state index contributed by atoms with van der Waals surface area (Å²) >= 11 is 1.59. The first kappa shape index (κ1) is 24.3. The molecule has 0 atom stereocenters. The third-order valence-electron chi connectivity index (χ3n) is 7.05. The van der Waals surface area contributed by atoms with Crippen molar-refractivity contribution in [2.45, 2.75) is 24.8 Å². The Bertz CT molecular complexity index is 1290. The number of carbonyl (C=O) groups excluding carboxylic acids is 1. The van der Waals surface area contributed by atoms with E-state index in [4.69, 9.17) is 14.7 Å². The van der Waals surface area contributed by atoms with Crippen molar-refractivity contribution in [1.29, 1.82) is 0 Å². The maximum absolute atomic E-state index is 12.2. The minimum Gasteiger partial charge on any atom is -0.494 e. The number of likely N-dealkylation sites (N-methyl/N-ethyl adjacent to an activating group) is 2. The van der Waals surface area contributed by atoms with Gasteiger partial charge in [0.2, 0.25) is 11.9 Å². The number of hydrogen-bond donors (Lipinski definition) is 3. The van der Waals surface area contributed by atoms with E-state index in [2.05, 4.69) is 38.4 Å². The lowest BCUT2D eigenvalue weighted by Gasteiger charge is -2.62. The van der Waals surface area contributed by atoms with Crippen molar-refractivity contribution in [2.75, 3.05) is 62.2 Å². The lowest BCUT2D eigenvalue weighted by molar-refractivity contribution is -0.111. The number of nitrogens with one attached hydrogen (secondary N) is 3. The van der Waals surface area contributed by atoms with Gasteiger partial charge in [0.25, 0.3) is 0 Å². The number of methoxy groups -OCH3 is 1. The highest BCUT2D eigenvalue weighted by Gasteiger charge is 2.56.